The van der Waals surface area contributed by atoms with E-state index < -0.39 is 18.1 Å². The molecule has 8 nitrogen and oxygen atoms in total. The van der Waals surface area contributed by atoms with Crippen molar-refractivity contribution in [1.82, 2.24) is 0 Å². The van der Waals surface area contributed by atoms with Gasteiger partial charge in [0.15, 0.2) is 12.1 Å². The molecule has 0 saturated heterocycles. The normalized spacial score (nSPS) is 13.2. The van der Waals surface area contributed by atoms with Crippen molar-refractivity contribution in [2.75, 3.05) is 41.0 Å². The fraction of sp³-hybridized carbons (Fsp3) is 0.820. The van der Waals surface area contributed by atoms with Crippen molar-refractivity contribution in [3.63, 3.8) is 0 Å². The minimum atomic E-state index is -0.874. The first-order valence-electron chi connectivity index (χ1n) is 24.0. The molecule has 0 radical (unpaired) electrons. The molecule has 0 rings (SSSR count). The van der Waals surface area contributed by atoms with Gasteiger partial charge in [-0.2, -0.15) is 0 Å². The number of nitrogens with zero attached hydrogens (tertiary/aromatic N) is 1. The number of esters is 2. The first kappa shape index (κ1) is 55.5. The van der Waals surface area contributed by atoms with Crippen molar-refractivity contribution in [1.29, 1.82) is 0 Å². The quantitative estimate of drug-likeness (QED) is 0.0283. The summed E-state index contributed by atoms with van der Waals surface area (Å²) in [4.78, 5) is 37.1. The van der Waals surface area contributed by atoms with Gasteiger partial charge in [-0.1, -0.05) is 185 Å². The second-order valence-corrected chi connectivity index (χ2v) is 17.3. The number of ether oxygens (including phenoxy) is 3. The van der Waals surface area contributed by atoms with Crippen LogP contribution >= 0.6 is 0 Å². The Morgan fingerprint density at radius 1 is 0.534 bits per heavy atom. The molecule has 0 aliphatic rings. The molecule has 2 unspecified atom stereocenters. The molecule has 0 amide bonds. The Morgan fingerprint density at radius 2 is 0.966 bits per heavy atom. The molecule has 58 heavy (non-hydrogen) atoms. The average Bonchev–Trinajstić information content (AvgIpc) is 3.18. The lowest BCUT2D eigenvalue weighted by Gasteiger charge is -2.31. The second-order valence-electron chi connectivity index (χ2n) is 17.3. The SMILES string of the molecule is CC/C=C/C/C=C/C/C=C/CCCCCCCCCCCC(=O)OCC(COCCC(C(=O)O)[N+](C)(C)C)OC(=O)CCCCCCCCCCCCCCCCC. The third-order valence-electron chi connectivity index (χ3n) is 10.8. The number of allylic oxidation sites excluding steroid dienone is 6. The lowest BCUT2D eigenvalue weighted by atomic mass is 10.0. The molecule has 0 heterocycles. The van der Waals surface area contributed by atoms with E-state index in [9.17, 15) is 19.5 Å². The van der Waals surface area contributed by atoms with E-state index in [1.54, 1.807) is 0 Å². The average molecular weight is 819 g/mol. The van der Waals surface area contributed by atoms with Gasteiger partial charge in [-0.15, -0.1) is 0 Å². The molecule has 0 aromatic carbocycles. The van der Waals surface area contributed by atoms with E-state index in [4.69, 9.17) is 14.2 Å². The molecule has 0 aliphatic carbocycles. The highest BCUT2D eigenvalue weighted by molar-refractivity contribution is 5.72. The minimum absolute atomic E-state index is 0.0507. The van der Waals surface area contributed by atoms with E-state index in [0.29, 0.717) is 19.3 Å². The number of aliphatic carboxylic acids is 1. The zero-order valence-electron chi connectivity index (χ0n) is 38.5. The molecule has 0 bridgehead atoms. The van der Waals surface area contributed by atoms with Gasteiger partial charge >= 0.3 is 17.9 Å². The number of quaternary nitrogens is 1. The van der Waals surface area contributed by atoms with E-state index in [1.165, 1.54) is 122 Å². The van der Waals surface area contributed by atoms with Crippen molar-refractivity contribution in [2.45, 2.75) is 225 Å². The third-order valence-corrected chi connectivity index (χ3v) is 10.8. The van der Waals surface area contributed by atoms with E-state index in [2.05, 4.69) is 50.3 Å². The van der Waals surface area contributed by atoms with Gasteiger partial charge < -0.3 is 23.8 Å². The summed E-state index contributed by atoms with van der Waals surface area (Å²) in [6.45, 7) is 4.65. The van der Waals surface area contributed by atoms with Crippen LogP contribution in [0.5, 0.6) is 0 Å². The van der Waals surface area contributed by atoms with Crippen LogP contribution in [0.2, 0.25) is 0 Å². The summed E-state index contributed by atoms with van der Waals surface area (Å²) in [5, 5.41) is 9.63. The van der Waals surface area contributed by atoms with Gasteiger partial charge in [-0.05, 0) is 44.9 Å². The third kappa shape index (κ3) is 39.0. The molecule has 0 saturated carbocycles. The highest BCUT2D eigenvalue weighted by Crippen LogP contribution is 2.16. The second kappa shape index (κ2) is 41.3. The molecule has 0 aromatic heterocycles. The number of carboxylic acid groups (broad SMARTS) is 1. The molecule has 1 N–H and O–H groups in total. The highest BCUT2D eigenvalue weighted by Gasteiger charge is 2.31. The highest BCUT2D eigenvalue weighted by atomic mass is 16.6. The summed E-state index contributed by atoms with van der Waals surface area (Å²) in [5.74, 6) is -1.46. The van der Waals surface area contributed by atoms with Gasteiger partial charge in [-0.3, -0.25) is 9.59 Å². The predicted octanol–water partition coefficient (Wildman–Crippen LogP) is 13.4. The van der Waals surface area contributed by atoms with Crippen LogP contribution in [0.3, 0.4) is 0 Å². The van der Waals surface area contributed by atoms with Crippen LogP contribution in [-0.2, 0) is 28.6 Å². The molecule has 0 aliphatic heterocycles. The summed E-state index contributed by atoms with van der Waals surface area (Å²) < 4.78 is 17.3. The first-order valence-corrected chi connectivity index (χ1v) is 24.0. The number of carboxylic acids is 1. The number of hydrogen-bond acceptors (Lipinski definition) is 6. The molecule has 2 atom stereocenters. The summed E-state index contributed by atoms with van der Waals surface area (Å²) >= 11 is 0. The Balaban J connectivity index is 4.26. The number of rotatable bonds is 43. The number of unbranched alkanes of at least 4 members (excludes halogenated alkanes) is 23. The zero-order valence-corrected chi connectivity index (χ0v) is 38.5. The van der Waals surface area contributed by atoms with Crippen LogP contribution in [0.4, 0.5) is 0 Å². The number of carbonyl (C=O) groups excluding carboxylic acids is 2. The van der Waals surface area contributed by atoms with Crippen molar-refractivity contribution in [3.05, 3.63) is 36.5 Å². The van der Waals surface area contributed by atoms with Crippen LogP contribution < -0.4 is 0 Å². The molecular weight excluding hydrogens is 727 g/mol. The molecule has 8 heteroatoms. The zero-order chi connectivity index (χ0) is 42.8. The summed E-state index contributed by atoms with van der Waals surface area (Å²) in [6.07, 6.45) is 47.5. The van der Waals surface area contributed by atoms with Gasteiger partial charge in [0.25, 0.3) is 0 Å². The molecule has 0 fully saturated rings. The topological polar surface area (TPSA) is 99.1 Å². The summed E-state index contributed by atoms with van der Waals surface area (Å²) in [5.41, 5.74) is 0. The Labute approximate surface area is 357 Å². The minimum Gasteiger partial charge on any atom is -0.477 e. The van der Waals surface area contributed by atoms with Gasteiger partial charge in [0.2, 0.25) is 0 Å². The predicted molar refractivity (Wildman–Crippen MR) is 243 cm³/mol. The number of hydrogen-bond donors (Lipinski definition) is 1. The van der Waals surface area contributed by atoms with Gasteiger partial charge in [0.05, 0.1) is 34.4 Å². The lowest BCUT2D eigenvalue weighted by Crippen LogP contribution is -2.50. The maximum absolute atomic E-state index is 12.7. The summed E-state index contributed by atoms with van der Waals surface area (Å²) in [6, 6.07) is -0.613. The van der Waals surface area contributed by atoms with E-state index in [-0.39, 0.29) is 36.2 Å². The summed E-state index contributed by atoms with van der Waals surface area (Å²) in [7, 11) is 5.53. The first-order chi connectivity index (χ1) is 28.1. The molecule has 0 spiro atoms. The Hall–Kier alpha value is -2.45. The van der Waals surface area contributed by atoms with Crippen molar-refractivity contribution in [3.8, 4) is 0 Å². The van der Waals surface area contributed by atoms with Gasteiger partial charge in [0.1, 0.15) is 6.61 Å². The molecule has 0 aromatic rings. The van der Waals surface area contributed by atoms with Crippen LogP contribution in [0.1, 0.15) is 213 Å². The Kier molecular flexibility index (Phi) is 39.5. The largest absolute Gasteiger partial charge is 0.477 e. The van der Waals surface area contributed by atoms with E-state index >= 15 is 0 Å². The molecule has 338 valence electrons. The maximum Gasteiger partial charge on any atom is 0.362 e. The van der Waals surface area contributed by atoms with Crippen LogP contribution in [0.25, 0.3) is 0 Å². The van der Waals surface area contributed by atoms with Crippen LogP contribution in [0, 0.1) is 0 Å². The Morgan fingerprint density at radius 3 is 1.43 bits per heavy atom. The Bertz CT molecular complexity index is 1050. The number of carbonyl (C=O) groups is 3. The number of likely N-dealkylation sites (N-methyl/N-ethyl adjacent to an activating group) is 1. The van der Waals surface area contributed by atoms with Crippen molar-refractivity contribution in [2.24, 2.45) is 0 Å². The van der Waals surface area contributed by atoms with Crippen molar-refractivity contribution < 1.29 is 38.2 Å². The standard InChI is InChI=1S/C50H91NO7/c1-6-8-10-12-14-16-18-20-22-23-24-25-27-28-30-32-34-36-38-40-48(52)57-45-46(44-56-43-42-47(50(54)55)51(3,4)5)58-49(53)41-39-37-35-33-31-29-26-21-19-17-15-13-11-9-7-2/h8,10,14,16,20,22,46-47H,6-7,9,11-13,15,17-19,21,23-45H2,1-5H3/p+1/b10-8+,16-14+,22-20+. The van der Waals surface area contributed by atoms with Crippen molar-refractivity contribution >= 4 is 17.9 Å². The maximum atomic E-state index is 12.7. The monoisotopic (exact) mass is 819 g/mol. The van der Waals surface area contributed by atoms with Gasteiger partial charge in [0, 0.05) is 19.3 Å². The van der Waals surface area contributed by atoms with E-state index in [0.717, 1.165) is 57.8 Å². The lowest BCUT2D eigenvalue weighted by molar-refractivity contribution is -0.887. The van der Waals surface area contributed by atoms with Crippen LogP contribution in [0.15, 0.2) is 36.5 Å². The fourth-order valence-electron chi connectivity index (χ4n) is 7.11. The van der Waals surface area contributed by atoms with Crippen LogP contribution in [-0.4, -0.2) is 80.6 Å². The van der Waals surface area contributed by atoms with Gasteiger partial charge in [-0.25, -0.2) is 4.79 Å². The smallest absolute Gasteiger partial charge is 0.362 e. The van der Waals surface area contributed by atoms with E-state index in [1.807, 2.05) is 21.1 Å². The fourth-order valence-corrected chi connectivity index (χ4v) is 7.11. The molecular formula is C50H92NO7+.